The highest BCUT2D eigenvalue weighted by molar-refractivity contribution is 7.88. The minimum absolute atomic E-state index is 0.0694. The second-order valence-corrected chi connectivity index (χ2v) is 11.0. The summed E-state index contributed by atoms with van der Waals surface area (Å²) in [4.78, 5) is 14.9. The van der Waals surface area contributed by atoms with Crippen LogP contribution in [0.15, 0.2) is 48.8 Å². The van der Waals surface area contributed by atoms with E-state index in [1.807, 2.05) is 6.07 Å². The van der Waals surface area contributed by atoms with Crippen LogP contribution < -0.4 is 4.72 Å². The van der Waals surface area contributed by atoms with Gasteiger partial charge in [0.1, 0.15) is 6.54 Å². The molecule has 4 rings (SSSR count). The standard InChI is InChI=1S/C24H34N4O4S/c1-33(30,31)26-22-9-5-16-28(24(29)17-27-15-6-14-25-27)23(22)18-32-21-12-10-20(11-13-21)19-7-3-2-4-8-19/h2-4,6-8,14-15,20-23,26H,5,9-13,16-18H2,1H3/t20-,21+,22-,23-/m0/s1. The fraction of sp³-hybridized carbons (Fsp3) is 0.583. The first-order valence-corrected chi connectivity index (χ1v) is 13.7. The molecule has 1 aliphatic heterocycles. The number of likely N-dealkylation sites (tertiary alicyclic amines) is 1. The van der Waals surface area contributed by atoms with Crippen molar-refractivity contribution in [3.63, 3.8) is 0 Å². The first kappa shape index (κ1) is 23.9. The molecule has 1 aromatic heterocycles. The Morgan fingerprint density at radius 1 is 1.12 bits per heavy atom. The quantitative estimate of drug-likeness (QED) is 0.635. The van der Waals surface area contributed by atoms with Gasteiger partial charge in [-0.3, -0.25) is 9.48 Å². The van der Waals surface area contributed by atoms with Crippen molar-refractivity contribution in [2.75, 3.05) is 19.4 Å². The Morgan fingerprint density at radius 2 is 1.88 bits per heavy atom. The predicted molar refractivity (Wildman–Crippen MR) is 126 cm³/mol. The Hall–Kier alpha value is -2.23. The number of sulfonamides is 1. The van der Waals surface area contributed by atoms with Gasteiger partial charge in [0, 0.05) is 25.0 Å². The Bertz CT molecular complexity index is 989. The number of hydrogen-bond donors (Lipinski definition) is 1. The van der Waals surface area contributed by atoms with Crippen molar-refractivity contribution in [3.8, 4) is 0 Å². The number of rotatable bonds is 8. The third-order valence-corrected chi connectivity index (χ3v) is 7.50. The average molecular weight is 475 g/mol. The summed E-state index contributed by atoms with van der Waals surface area (Å²) in [6.07, 6.45) is 10.2. The molecule has 180 valence electrons. The van der Waals surface area contributed by atoms with Gasteiger partial charge in [0.05, 0.1) is 25.0 Å². The number of piperidine rings is 1. The van der Waals surface area contributed by atoms with Crippen LogP contribution >= 0.6 is 0 Å². The van der Waals surface area contributed by atoms with Crippen LogP contribution in [-0.2, 0) is 26.1 Å². The Kier molecular flexibility index (Phi) is 7.82. The molecule has 0 spiro atoms. The molecule has 1 saturated carbocycles. The van der Waals surface area contributed by atoms with Crippen LogP contribution in [0.2, 0.25) is 0 Å². The molecule has 1 amide bonds. The van der Waals surface area contributed by atoms with Gasteiger partial charge < -0.3 is 9.64 Å². The lowest BCUT2D eigenvalue weighted by Gasteiger charge is -2.42. The smallest absolute Gasteiger partial charge is 0.244 e. The molecular formula is C24H34N4O4S. The van der Waals surface area contributed by atoms with Crippen LogP contribution in [-0.4, -0.2) is 66.6 Å². The molecule has 2 aromatic rings. The van der Waals surface area contributed by atoms with Crippen molar-refractivity contribution in [1.29, 1.82) is 0 Å². The second-order valence-electron chi connectivity index (χ2n) is 9.21. The van der Waals surface area contributed by atoms with E-state index in [0.29, 0.717) is 25.5 Å². The van der Waals surface area contributed by atoms with E-state index in [1.165, 1.54) is 11.8 Å². The molecule has 2 atom stereocenters. The van der Waals surface area contributed by atoms with Crippen molar-refractivity contribution >= 4 is 15.9 Å². The van der Waals surface area contributed by atoms with Gasteiger partial charge in [-0.15, -0.1) is 0 Å². The highest BCUT2D eigenvalue weighted by Gasteiger charge is 2.37. The molecule has 9 heteroatoms. The van der Waals surface area contributed by atoms with Gasteiger partial charge in [0.2, 0.25) is 15.9 Å². The Morgan fingerprint density at radius 3 is 2.55 bits per heavy atom. The molecule has 1 saturated heterocycles. The van der Waals surface area contributed by atoms with Gasteiger partial charge in [0.25, 0.3) is 0 Å². The average Bonchev–Trinajstić information content (AvgIpc) is 3.31. The van der Waals surface area contributed by atoms with Crippen molar-refractivity contribution in [1.82, 2.24) is 19.4 Å². The van der Waals surface area contributed by atoms with E-state index >= 15 is 0 Å². The van der Waals surface area contributed by atoms with Crippen LogP contribution in [0, 0.1) is 0 Å². The lowest BCUT2D eigenvalue weighted by Crippen LogP contribution is -2.59. The van der Waals surface area contributed by atoms with Gasteiger partial charge in [-0.2, -0.15) is 5.10 Å². The largest absolute Gasteiger partial charge is 0.376 e. The third-order valence-electron chi connectivity index (χ3n) is 6.77. The summed E-state index contributed by atoms with van der Waals surface area (Å²) in [6.45, 7) is 1.06. The number of benzene rings is 1. The van der Waals surface area contributed by atoms with Crippen LogP contribution in [0.4, 0.5) is 0 Å². The highest BCUT2D eigenvalue weighted by atomic mass is 32.2. The number of amides is 1. The van der Waals surface area contributed by atoms with E-state index in [0.717, 1.165) is 32.1 Å². The number of hydrogen-bond acceptors (Lipinski definition) is 5. The monoisotopic (exact) mass is 474 g/mol. The van der Waals surface area contributed by atoms with Crippen LogP contribution in [0.25, 0.3) is 0 Å². The lowest BCUT2D eigenvalue weighted by atomic mass is 9.83. The molecule has 1 aliphatic carbocycles. The van der Waals surface area contributed by atoms with Gasteiger partial charge in [0.15, 0.2) is 0 Å². The number of nitrogens with one attached hydrogen (secondary N) is 1. The molecule has 1 aromatic carbocycles. The van der Waals surface area contributed by atoms with E-state index in [4.69, 9.17) is 4.74 Å². The van der Waals surface area contributed by atoms with E-state index < -0.39 is 10.0 Å². The summed E-state index contributed by atoms with van der Waals surface area (Å²) in [6, 6.07) is 11.7. The van der Waals surface area contributed by atoms with Crippen molar-refractivity contribution < 1.29 is 17.9 Å². The maximum atomic E-state index is 13.1. The highest BCUT2D eigenvalue weighted by Crippen LogP contribution is 2.34. The topological polar surface area (TPSA) is 93.5 Å². The molecule has 1 N–H and O–H groups in total. The number of carbonyl (C=O) groups is 1. The zero-order chi connectivity index (χ0) is 23.3. The van der Waals surface area contributed by atoms with Crippen LogP contribution in [0.1, 0.15) is 50.0 Å². The maximum Gasteiger partial charge on any atom is 0.244 e. The lowest BCUT2D eigenvalue weighted by molar-refractivity contribution is -0.139. The Labute approximate surface area is 196 Å². The second kappa shape index (κ2) is 10.8. The first-order chi connectivity index (χ1) is 15.9. The fourth-order valence-electron chi connectivity index (χ4n) is 5.13. The van der Waals surface area contributed by atoms with Crippen LogP contribution in [0.5, 0.6) is 0 Å². The van der Waals surface area contributed by atoms with Crippen molar-refractivity contribution in [2.24, 2.45) is 0 Å². The molecular weight excluding hydrogens is 440 g/mol. The van der Waals surface area contributed by atoms with Gasteiger partial charge in [-0.25, -0.2) is 13.1 Å². The molecule has 0 radical (unpaired) electrons. The molecule has 2 fully saturated rings. The number of ether oxygens (including phenoxy) is 1. The SMILES string of the molecule is CS(=O)(=O)N[C@H]1CCCN(C(=O)Cn2cccn2)[C@H]1CO[C@H]1CC[C@@H](c2ccccc2)CC1. The van der Waals surface area contributed by atoms with Gasteiger partial charge in [-0.1, -0.05) is 30.3 Å². The fourth-order valence-corrected chi connectivity index (χ4v) is 5.96. The summed E-state index contributed by atoms with van der Waals surface area (Å²) in [5, 5.41) is 4.13. The summed E-state index contributed by atoms with van der Waals surface area (Å²) >= 11 is 0. The number of aromatic nitrogens is 2. The minimum atomic E-state index is -3.40. The molecule has 8 nitrogen and oxygen atoms in total. The molecule has 2 heterocycles. The number of carbonyl (C=O) groups excluding carboxylic acids is 1. The molecule has 0 unspecified atom stereocenters. The van der Waals surface area contributed by atoms with E-state index in [9.17, 15) is 13.2 Å². The van der Waals surface area contributed by atoms with Crippen molar-refractivity contribution in [2.45, 2.75) is 69.2 Å². The zero-order valence-electron chi connectivity index (χ0n) is 19.2. The number of nitrogens with zero attached hydrogens (tertiary/aromatic N) is 3. The Balaban J connectivity index is 1.39. The van der Waals surface area contributed by atoms with Gasteiger partial charge >= 0.3 is 0 Å². The molecule has 2 aliphatic rings. The summed E-state index contributed by atoms with van der Waals surface area (Å²) < 4.78 is 34.6. The van der Waals surface area contributed by atoms with E-state index in [2.05, 4.69) is 34.1 Å². The molecule has 33 heavy (non-hydrogen) atoms. The van der Waals surface area contributed by atoms with Crippen molar-refractivity contribution in [3.05, 3.63) is 54.4 Å². The first-order valence-electron chi connectivity index (χ1n) is 11.8. The summed E-state index contributed by atoms with van der Waals surface area (Å²) in [7, 11) is -3.40. The van der Waals surface area contributed by atoms with Gasteiger partial charge in [-0.05, 0) is 56.1 Å². The summed E-state index contributed by atoms with van der Waals surface area (Å²) in [5.74, 6) is 0.493. The van der Waals surface area contributed by atoms with Crippen LogP contribution in [0.3, 0.4) is 0 Å². The maximum absolute atomic E-state index is 13.1. The zero-order valence-corrected chi connectivity index (χ0v) is 20.0. The third kappa shape index (κ3) is 6.65. The summed E-state index contributed by atoms with van der Waals surface area (Å²) in [5.41, 5.74) is 1.39. The minimum Gasteiger partial charge on any atom is -0.376 e. The molecule has 0 bridgehead atoms. The van der Waals surface area contributed by atoms with E-state index in [-0.39, 0.29) is 30.6 Å². The predicted octanol–water partition coefficient (Wildman–Crippen LogP) is 2.53. The van der Waals surface area contributed by atoms with E-state index in [1.54, 1.807) is 28.0 Å². The normalized spacial score (nSPS) is 26.3.